The van der Waals surface area contributed by atoms with Crippen molar-refractivity contribution in [3.63, 3.8) is 0 Å². The smallest absolute Gasteiger partial charge is 0.282 e. The van der Waals surface area contributed by atoms with Gasteiger partial charge in [0.05, 0.1) is 17.7 Å². The molecule has 29 heavy (non-hydrogen) atoms. The summed E-state index contributed by atoms with van der Waals surface area (Å²) in [5.74, 6) is 0.310. The predicted octanol–water partition coefficient (Wildman–Crippen LogP) is 5.03. The number of allylic oxidation sites excluding steroid dienone is 1. The van der Waals surface area contributed by atoms with Gasteiger partial charge in [0.15, 0.2) is 0 Å². The maximum Gasteiger partial charge on any atom is 0.282 e. The van der Waals surface area contributed by atoms with Crippen LogP contribution < -0.4 is 4.74 Å². The SMILES string of the molecule is COc1ccc(C(/C=C/c2ccc(F)cc2)=N/S(=O)(=O)c2ccc(C)cc2)cc1. The number of methoxy groups -OCH3 is 1. The van der Waals surface area contributed by atoms with E-state index in [9.17, 15) is 12.8 Å². The third-order valence-corrected chi connectivity index (χ3v) is 5.53. The molecule has 0 aliphatic rings. The Hall–Kier alpha value is -3.25. The molecule has 0 amide bonds. The van der Waals surface area contributed by atoms with E-state index >= 15 is 0 Å². The highest BCUT2D eigenvalue weighted by atomic mass is 32.2. The second kappa shape index (κ2) is 8.84. The fourth-order valence-corrected chi connectivity index (χ4v) is 3.59. The molecule has 0 atom stereocenters. The number of rotatable bonds is 6. The maximum atomic E-state index is 13.1. The van der Waals surface area contributed by atoms with Gasteiger partial charge in [-0.05, 0) is 67.1 Å². The van der Waals surface area contributed by atoms with Gasteiger partial charge in [-0.25, -0.2) is 4.39 Å². The van der Waals surface area contributed by atoms with Crippen molar-refractivity contribution in [2.24, 2.45) is 4.40 Å². The second-order valence-corrected chi connectivity index (χ2v) is 7.98. The van der Waals surface area contributed by atoms with Crippen LogP contribution in [0.5, 0.6) is 5.75 Å². The lowest BCUT2D eigenvalue weighted by Gasteiger charge is -2.06. The summed E-state index contributed by atoms with van der Waals surface area (Å²) in [5, 5.41) is 0. The Balaban J connectivity index is 2.04. The normalized spacial score (nSPS) is 12.3. The number of sulfonamides is 1. The molecule has 3 aromatic carbocycles. The Morgan fingerprint density at radius 3 is 2.14 bits per heavy atom. The number of hydrogen-bond acceptors (Lipinski definition) is 3. The van der Waals surface area contributed by atoms with E-state index < -0.39 is 10.0 Å². The molecule has 0 unspecified atom stereocenters. The number of halogens is 1. The molecular weight excluding hydrogens is 389 g/mol. The van der Waals surface area contributed by atoms with Gasteiger partial charge in [0.1, 0.15) is 11.6 Å². The van der Waals surface area contributed by atoms with Crippen molar-refractivity contribution in [2.45, 2.75) is 11.8 Å². The van der Waals surface area contributed by atoms with Crippen molar-refractivity contribution < 1.29 is 17.5 Å². The Kier molecular flexibility index (Phi) is 6.24. The van der Waals surface area contributed by atoms with Gasteiger partial charge in [-0.2, -0.15) is 12.8 Å². The highest BCUT2D eigenvalue weighted by molar-refractivity contribution is 7.90. The van der Waals surface area contributed by atoms with E-state index in [1.807, 2.05) is 6.92 Å². The van der Waals surface area contributed by atoms with Crippen molar-refractivity contribution in [1.29, 1.82) is 0 Å². The van der Waals surface area contributed by atoms with Crippen molar-refractivity contribution in [3.05, 3.63) is 101 Å². The van der Waals surface area contributed by atoms with Crippen LogP contribution in [0.2, 0.25) is 0 Å². The van der Waals surface area contributed by atoms with E-state index in [0.29, 0.717) is 11.3 Å². The lowest BCUT2D eigenvalue weighted by molar-refractivity contribution is 0.415. The van der Waals surface area contributed by atoms with Crippen molar-refractivity contribution in [1.82, 2.24) is 0 Å². The van der Waals surface area contributed by atoms with Crippen molar-refractivity contribution in [3.8, 4) is 5.75 Å². The molecule has 3 rings (SSSR count). The quantitative estimate of drug-likeness (QED) is 0.536. The third kappa shape index (κ3) is 5.39. The summed E-state index contributed by atoms with van der Waals surface area (Å²) in [4.78, 5) is 0.115. The number of benzene rings is 3. The number of nitrogens with zero attached hydrogens (tertiary/aromatic N) is 1. The Morgan fingerprint density at radius 1 is 0.931 bits per heavy atom. The number of aryl methyl sites for hydroxylation is 1. The van der Waals surface area contributed by atoms with E-state index in [-0.39, 0.29) is 16.4 Å². The zero-order valence-electron chi connectivity index (χ0n) is 16.0. The fourth-order valence-electron chi connectivity index (χ4n) is 2.58. The standard InChI is InChI=1S/C23H20FNO3S/c1-17-3-14-22(15-4-17)29(26,27)25-23(19-8-12-21(28-2)13-9-19)16-7-18-5-10-20(24)11-6-18/h3-16H,1-2H3/b16-7+,25-23+. The van der Waals surface area contributed by atoms with Gasteiger partial charge in [-0.15, -0.1) is 0 Å². The van der Waals surface area contributed by atoms with Gasteiger partial charge in [-0.3, -0.25) is 0 Å². The zero-order valence-corrected chi connectivity index (χ0v) is 16.9. The molecule has 6 heteroatoms. The minimum absolute atomic E-state index is 0.115. The van der Waals surface area contributed by atoms with Gasteiger partial charge in [-0.1, -0.05) is 35.9 Å². The summed E-state index contributed by atoms with van der Waals surface area (Å²) in [5.41, 5.74) is 2.55. The Labute approximate surface area is 170 Å². The lowest BCUT2D eigenvalue weighted by atomic mass is 10.1. The van der Waals surface area contributed by atoms with Gasteiger partial charge in [0.2, 0.25) is 0 Å². The minimum atomic E-state index is -3.91. The maximum absolute atomic E-state index is 13.1. The Morgan fingerprint density at radius 2 is 1.55 bits per heavy atom. The molecule has 0 radical (unpaired) electrons. The van der Waals surface area contributed by atoms with Crippen LogP contribution in [0.25, 0.3) is 6.08 Å². The van der Waals surface area contributed by atoms with E-state index in [1.165, 1.54) is 24.3 Å². The first kappa shape index (κ1) is 20.5. The van der Waals surface area contributed by atoms with Crippen LogP contribution in [0, 0.1) is 12.7 Å². The summed E-state index contributed by atoms with van der Waals surface area (Å²) in [6.45, 7) is 1.88. The molecule has 148 valence electrons. The molecule has 0 heterocycles. The third-order valence-electron chi connectivity index (χ3n) is 4.23. The van der Waals surface area contributed by atoms with Crippen LogP contribution in [0.15, 0.2) is 88.2 Å². The van der Waals surface area contributed by atoms with Gasteiger partial charge < -0.3 is 4.74 Å². The minimum Gasteiger partial charge on any atom is -0.497 e. The molecule has 0 saturated heterocycles. The molecule has 4 nitrogen and oxygen atoms in total. The predicted molar refractivity (Wildman–Crippen MR) is 113 cm³/mol. The van der Waals surface area contributed by atoms with Crippen LogP contribution in [-0.4, -0.2) is 21.2 Å². The largest absolute Gasteiger partial charge is 0.497 e. The Bertz CT molecular complexity index is 1130. The molecule has 0 aromatic heterocycles. The van der Waals surface area contributed by atoms with Crippen molar-refractivity contribution >= 4 is 21.8 Å². The molecule has 0 spiro atoms. The summed E-state index contributed by atoms with van der Waals surface area (Å²) in [6.07, 6.45) is 3.29. The van der Waals surface area contributed by atoms with E-state index in [1.54, 1.807) is 67.8 Å². The second-order valence-electron chi connectivity index (χ2n) is 6.38. The molecule has 0 aliphatic heterocycles. The van der Waals surface area contributed by atoms with Crippen LogP contribution in [-0.2, 0) is 10.0 Å². The molecule has 3 aromatic rings. The monoisotopic (exact) mass is 409 g/mol. The summed E-state index contributed by atoms with van der Waals surface area (Å²) in [6, 6.07) is 19.3. The fraction of sp³-hybridized carbons (Fsp3) is 0.0870. The van der Waals surface area contributed by atoms with Gasteiger partial charge in [0.25, 0.3) is 10.0 Å². The molecule has 0 saturated carbocycles. The van der Waals surface area contributed by atoms with Gasteiger partial charge >= 0.3 is 0 Å². The first-order chi connectivity index (χ1) is 13.9. The van der Waals surface area contributed by atoms with Crippen LogP contribution in [0.3, 0.4) is 0 Å². The molecule has 0 bridgehead atoms. The first-order valence-corrected chi connectivity index (χ1v) is 10.3. The summed E-state index contributed by atoms with van der Waals surface area (Å²) >= 11 is 0. The van der Waals surface area contributed by atoms with E-state index in [4.69, 9.17) is 4.74 Å². The first-order valence-electron chi connectivity index (χ1n) is 8.87. The van der Waals surface area contributed by atoms with E-state index in [0.717, 1.165) is 11.1 Å². The topological polar surface area (TPSA) is 55.7 Å². The summed E-state index contributed by atoms with van der Waals surface area (Å²) < 4.78 is 48.0. The summed E-state index contributed by atoms with van der Waals surface area (Å²) in [7, 11) is -2.35. The van der Waals surface area contributed by atoms with E-state index in [2.05, 4.69) is 4.40 Å². The number of ether oxygens (including phenoxy) is 1. The highest BCUT2D eigenvalue weighted by Gasteiger charge is 2.14. The molecule has 0 fully saturated rings. The lowest BCUT2D eigenvalue weighted by Crippen LogP contribution is -2.04. The average molecular weight is 409 g/mol. The molecular formula is C23H20FNO3S. The highest BCUT2D eigenvalue weighted by Crippen LogP contribution is 2.18. The number of hydrogen-bond donors (Lipinski definition) is 0. The zero-order chi connectivity index (χ0) is 20.9. The van der Waals surface area contributed by atoms with Gasteiger partial charge in [0, 0.05) is 5.56 Å². The van der Waals surface area contributed by atoms with Crippen molar-refractivity contribution in [2.75, 3.05) is 7.11 Å². The van der Waals surface area contributed by atoms with Crippen LogP contribution in [0.4, 0.5) is 4.39 Å². The van der Waals surface area contributed by atoms with Crippen LogP contribution in [0.1, 0.15) is 16.7 Å². The van der Waals surface area contributed by atoms with Crippen LogP contribution >= 0.6 is 0 Å². The average Bonchev–Trinajstić information content (AvgIpc) is 2.72. The molecule has 0 aliphatic carbocycles. The molecule has 0 N–H and O–H groups in total.